The van der Waals surface area contributed by atoms with Crippen LogP contribution in [0, 0.1) is 0 Å². The van der Waals surface area contributed by atoms with E-state index in [0.717, 1.165) is 41.2 Å². The quantitative estimate of drug-likeness (QED) is 0.708. The molecule has 0 unspecified atom stereocenters. The van der Waals surface area contributed by atoms with Gasteiger partial charge in [-0.1, -0.05) is 24.3 Å². The Morgan fingerprint density at radius 2 is 2.20 bits per heavy atom. The number of nitrogens with one attached hydrogen (secondary N) is 1. The van der Waals surface area contributed by atoms with E-state index in [-0.39, 0.29) is 0 Å². The van der Waals surface area contributed by atoms with Gasteiger partial charge in [-0.05, 0) is 25.1 Å². The molecule has 3 aromatic rings. The average Bonchev–Trinajstić information content (AvgIpc) is 3.08. The third-order valence-electron chi connectivity index (χ3n) is 3.03. The van der Waals surface area contributed by atoms with Crippen molar-refractivity contribution in [1.82, 2.24) is 25.3 Å². The second kappa shape index (κ2) is 6.11. The van der Waals surface area contributed by atoms with E-state index in [4.69, 9.17) is 0 Å². The molecule has 0 aliphatic heterocycles. The lowest BCUT2D eigenvalue weighted by Gasteiger charge is -1.99. The van der Waals surface area contributed by atoms with Crippen molar-refractivity contribution in [2.24, 2.45) is 0 Å². The van der Waals surface area contributed by atoms with Crippen molar-refractivity contribution in [3.8, 4) is 0 Å². The van der Waals surface area contributed by atoms with Crippen LogP contribution < -0.4 is 5.32 Å². The Labute approximate surface area is 121 Å². The van der Waals surface area contributed by atoms with Crippen LogP contribution in [0.15, 0.2) is 29.6 Å². The van der Waals surface area contributed by atoms with Crippen LogP contribution in [0.25, 0.3) is 11.0 Å². The topological polar surface area (TPSA) is 55.6 Å². The molecule has 0 aliphatic carbocycles. The van der Waals surface area contributed by atoms with Crippen molar-refractivity contribution in [3.05, 3.63) is 40.3 Å². The van der Waals surface area contributed by atoms with Gasteiger partial charge >= 0.3 is 0 Å². The second-order valence-corrected chi connectivity index (χ2v) is 5.59. The van der Waals surface area contributed by atoms with Gasteiger partial charge in [-0.2, -0.15) is 0 Å². The monoisotopic (exact) mass is 287 g/mol. The van der Waals surface area contributed by atoms with Crippen molar-refractivity contribution < 1.29 is 0 Å². The molecule has 0 atom stereocenters. The summed E-state index contributed by atoms with van der Waals surface area (Å²) >= 11 is 1.69. The average molecular weight is 287 g/mol. The lowest BCUT2D eigenvalue weighted by Crippen LogP contribution is -2.13. The minimum atomic E-state index is 0.671. The van der Waals surface area contributed by atoms with E-state index in [2.05, 4.69) is 32.9 Å². The maximum absolute atomic E-state index is 4.63. The number of rotatable bonds is 6. The lowest BCUT2D eigenvalue weighted by atomic mass is 10.3. The van der Waals surface area contributed by atoms with E-state index < -0.39 is 0 Å². The zero-order valence-corrected chi connectivity index (χ0v) is 12.2. The number of nitrogens with zero attached hydrogens (tertiary/aromatic N) is 4. The Morgan fingerprint density at radius 1 is 1.30 bits per heavy atom. The molecule has 1 aromatic carbocycles. The van der Waals surface area contributed by atoms with Gasteiger partial charge in [0.05, 0.1) is 17.8 Å². The second-order valence-electron chi connectivity index (χ2n) is 4.65. The summed E-state index contributed by atoms with van der Waals surface area (Å²) in [6, 6.07) is 7.98. The fourth-order valence-corrected chi connectivity index (χ4v) is 2.82. The van der Waals surface area contributed by atoms with Crippen molar-refractivity contribution in [1.29, 1.82) is 0 Å². The summed E-state index contributed by atoms with van der Waals surface area (Å²) in [4.78, 5) is 4.63. The Hall–Kier alpha value is -1.79. The molecule has 0 saturated carbocycles. The van der Waals surface area contributed by atoms with Crippen LogP contribution in [0.1, 0.15) is 24.0 Å². The van der Waals surface area contributed by atoms with Crippen LogP contribution in [0.5, 0.6) is 0 Å². The van der Waals surface area contributed by atoms with Crippen LogP contribution in [-0.4, -0.2) is 26.5 Å². The molecular formula is C14H17N5S. The zero-order valence-electron chi connectivity index (χ0n) is 11.4. The molecule has 0 saturated heterocycles. The van der Waals surface area contributed by atoms with E-state index >= 15 is 0 Å². The third-order valence-corrected chi connectivity index (χ3v) is 3.93. The first-order chi connectivity index (χ1) is 9.86. The van der Waals surface area contributed by atoms with E-state index in [1.807, 2.05) is 28.9 Å². The van der Waals surface area contributed by atoms with Gasteiger partial charge in [-0.15, -0.1) is 16.4 Å². The molecule has 3 rings (SSSR count). The molecular weight excluding hydrogens is 270 g/mol. The van der Waals surface area contributed by atoms with Crippen molar-refractivity contribution >= 4 is 22.4 Å². The molecule has 0 spiro atoms. The predicted octanol–water partition coefficient (Wildman–Crippen LogP) is 2.44. The molecule has 2 aromatic heterocycles. The fraction of sp³-hybridized carbons (Fsp3) is 0.357. The van der Waals surface area contributed by atoms with E-state index in [1.54, 1.807) is 11.3 Å². The van der Waals surface area contributed by atoms with Crippen molar-refractivity contribution in [2.75, 3.05) is 6.54 Å². The fourth-order valence-electron chi connectivity index (χ4n) is 2.06. The first kappa shape index (κ1) is 13.2. The summed E-state index contributed by atoms with van der Waals surface area (Å²) in [5.74, 6) is 0. The van der Waals surface area contributed by atoms with Crippen LogP contribution >= 0.6 is 11.3 Å². The number of thiazole rings is 1. The summed E-state index contributed by atoms with van der Waals surface area (Å²) in [7, 11) is 0. The number of fused-ring (bicyclic) bond motifs is 1. The molecule has 0 amide bonds. The number of benzene rings is 1. The molecule has 0 radical (unpaired) electrons. The van der Waals surface area contributed by atoms with Crippen molar-refractivity contribution in [3.63, 3.8) is 0 Å². The van der Waals surface area contributed by atoms with Gasteiger partial charge in [0.2, 0.25) is 0 Å². The highest BCUT2D eigenvalue weighted by atomic mass is 32.1. The largest absolute Gasteiger partial charge is 0.310 e. The molecule has 1 N–H and O–H groups in total. The Balaban J connectivity index is 1.71. The molecule has 0 bridgehead atoms. The summed E-state index contributed by atoms with van der Waals surface area (Å²) in [6.07, 6.45) is 1.14. The van der Waals surface area contributed by atoms with Crippen LogP contribution in [-0.2, 0) is 13.1 Å². The van der Waals surface area contributed by atoms with Gasteiger partial charge in [-0.25, -0.2) is 9.67 Å². The third kappa shape index (κ3) is 2.86. The summed E-state index contributed by atoms with van der Waals surface area (Å²) in [5, 5.41) is 14.9. The minimum absolute atomic E-state index is 0.671. The zero-order chi connectivity index (χ0) is 13.8. The highest BCUT2D eigenvalue weighted by molar-refractivity contribution is 7.09. The maximum Gasteiger partial charge on any atom is 0.113 e. The van der Waals surface area contributed by atoms with Crippen molar-refractivity contribution in [2.45, 2.75) is 26.4 Å². The lowest BCUT2D eigenvalue weighted by molar-refractivity contribution is 0.648. The standard InChI is InChI=1S/C14H17N5S/c1-2-7-15-8-14-16-11(10-20-14)9-19-13-6-4-3-5-12(13)17-18-19/h3-6,10,15H,2,7-9H2,1H3. The highest BCUT2D eigenvalue weighted by Crippen LogP contribution is 2.14. The molecule has 2 heterocycles. The highest BCUT2D eigenvalue weighted by Gasteiger charge is 2.07. The summed E-state index contributed by atoms with van der Waals surface area (Å²) < 4.78 is 1.90. The van der Waals surface area contributed by atoms with Gasteiger partial charge in [-0.3, -0.25) is 0 Å². The molecule has 6 heteroatoms. The van der Waals surface area contributed by atoms with Gasteiger partial charge in [0, 0.05) is 11.9 Å². The number of aromatic nitrogens is 4. The normalized spacial score (nSPS) is 11.2. The van der Waals surface area contributed by atoms with E-state index in [9.17, 15) is 0 Å². The van der Waals surface area contributed by atoms with Gasteiger partial charge < -0.3 is 5.32 Å². The predicted molar refractivity (Wildman–Crippen MR) is 80.7 cm³/mol. The Morgan fingerprint density at radius 3 is 3.10 bits per heavy atom. The summed E-state index contributed by atoms with van der Waals surface area (Å²) in [5.41, 5.74) is 3.01. The van der Waals surface area contributed by atoms with Crippen LogP contribution in [0.3, 0.4) is 0 Å². The minimum Gasteiger partial charge on any atom is -0.310 e. The van der Waals surface area contributed by atoms with Gasteiger partial charge in [0.1, 0.15) is 10.5 Å². The van der Waals surface area contributed by atoms with Gasteiger partial charge in [0.25, 0.3) is 0 Å². The summed E-state index contributed by atoms with van der Waals surface area (Å²) in [6.45, 7) is 4.71. The maximum atomic E-state index is 4.63. The first-order valence-electron chi connectivity index (χ1n) is 6.79. The smallest absolute Gasteiger partial charge is 0.113 e. The Bertz CT molecular complexity index is 688. The number of para-hydroxylation sites is 1. The molecule has 0 aliphatic rings. The first-order valence-corrected chi connectivity index (χ1v) is 7.67. The van der Waals surface area contributed by atoms with E-state index in [1.165, 1.54) is 0 Å². The molecule has 0 fully saturated rings. The van der Waals surface area contributed by atoms with Crippen LogP contribution in [0.4, 0.5) is 0 Å². The SMILES string of the molecule is CCCNCc1nc(Cn2nnc3ccccc32)cs1. The number of hydrogen-bond acceptors (Lipinski definition) is 5. The molecule has 5 nitrogen and oxygen atoms in total. The van der Waals surface area contributed by atoms with E-state index in [0.29, 0.717) is 6.54 Å². The van der Waals surface area contributed by atoms with Gasteiger partial charge in [0.15, 0.2) is 0 Å². The molecule has 20 heavy (non-hydrogen) atoms. The van der Waals surface area contributed by atoms with Crippen LogP contribution in [0.2, 0.25) is 0 Å². The Kier molecular flexibility index (Phi) is 4.03. The number of hydrogen-bond donors (Lipinski definition) is 1. The molecule has 104 valence electrons.